The van der Waals surface area contributed by atoms with E-state index < -0.39 is 8.32 Å². The van der Waals surface area contributed by atoms with Crippen molar-refractivity contribution in [2.75, 3.05) is 18.9 Å². The molecule has 120 valence electrons. The zero-order valence-electron chi connectivity index (χ0n) is 14.0. The van der Waals surface area contributed by atoms with Gasteiger partial charge < -0.3 is 14.9 Å². The molecule has 1 aromatic rings. The summed E-state index contributed by atoms with van der Waals surface area (Å²) in [6.07, 6.45) is 1.96. The van der Waals surface area contributed by atoms with E-state index in [-0.39, 0.29) is 5.04 Å². The van der Waals surface area contributed by atoms with Gasteiger partial charge in [-0.05, 0) is 31.0 Å². The van der Waals surface area contributed by atoms with Crippen molar-refractivity contribution in [3.8, 4) is 0 Å². The average molecular weight is 312 g/mol. The van der Waals surface area contributed by atoms with Crippen molar-refractivity contribution in [3.63, 3.8) is 0 Å². The lowest BCUT2D eigenvalue weighted by Crippen LogP contribution is -2.40. The van der Waals surface area contributed by atoms with E-state index in [1.807, 2.05) is 10.7 Å². The number of hydrogen-bond acceptors (Lipinski definition) is 4. The van der Waals surface area contributed by atoms with Gasteiger partial charge in [0.25, 0.3) is 0 Å². The molecule has 2 rings (SSSR count). The lowest BCUT2D eigenvalue weighted by molar-refractivity contribution is 0.0666. The molecular formula is C15H29N3O2Si. The molecule has 0 saturated carbocycles. The van der Waals surface area contributed by atoms with Crippen LogP contribution in [0.4, 0.5) is 5.82 Å². The predicted octanol–water partition coefficient (Wildman–Crippen LogP) is 3.34. The first-order valence-electron chi connectivity index (χ1n) is 7.76. The molecule has 0 radical (unpaired) electrons. The molecule has 5 nitrogen and oxygen atoms in total. The fourth-order valence-corrected chi connectivity index (χ4v) is 3.17. The molecule has 0 unspecified atom stereocenters. The molecule has 2 N–H and O–H groups in total. The minimum Gasteiger partial charge on any atom is -0.411 e. The van der Waals surface area contributed by atoms with Gasteiger partial charge in [-0.2, -0.15) is 5.10 Å². The summed E-state index contributed by atoms with van der Waals surface area (Å²) in [6, 6.07) is 2.31. The second-order valence-corrected chi connectivity index (χ2v) is 12.2. The first kappa shape index (κ1) is 16.5. The lowest BCUT2D eigenvalue weighted by Gasteiger charge is -2.35. The van der Waals surface area contributed by atoms with Gasteiger partial charge in [-0.25, -0.2) is 4.68 Å². The third kappa shape index (κ3) is 3.87. The van der Waals surface area contributed by atoms with Crippen LogP contribution in [0.3, 0.4) is 0 Å². The van der Waals surface area contributed by atoms with Gasteiger partial charge in [-0.15, -0.1) is 0 Å². The van der Waals surface area contributed by atoms with Crippen LogP contribution in [-0.2, 0) is 15.8 Å². The molecule has 2 heterocycles. The van der Waals surface area contributed by atoms with Crippen molar-refractivity contribution >= 4 is 14.1 Å². The Balaban J connectivity index is 2.02. The second kappa shape index (κ2) is 6.10. The number of aromatic nitrogens is 2. The molecule has 0 amide bonds. The molecule has 0 atom stereocenters. The van der Waals surface area contributed by atoms with E-state index in [1.165, 1.54) is 0 Å². The summed E-state index contributed by atoms with van der Waals surface area (Å²) in [5, 5.41) is 4.86. The highest BCUT2D eigenvalue weighted by atomic mass is 28.4. The van der Waals surface area contributed by atoms with E-state index in [4.69, 9.17) is 14.9 Å². The van der Waals surface area contributed by atoms with Crippen molar-refractivity contribution in [1.82, 2.24) is 9.78 Å². The standard InChI is InChI=1S/C15H29N3O2Si/c1-15(2,3)21(4,5)20-11-12-10-14(16)18(17-12)13-6-8-19-9-7-13/h10,13H,6-9,11,16H2,1-5H3. The van der Waals surface area contributed by atoms with Crippen LogP contribution in [0.25, 0.3) is 0 Å². The summed E-state index contributed by atoms with van der Waals surface area (Å²) >= 11 is 0. The van der Waals surface area contributed by atoms with Gasteiger partial charge in [-0.3, -0.25) is 0 Å². The number of nitrogen functional groups attached to an aromatic ring is 1. The van der Waals surface area contributed by atoms with E-state index in [0.29, 0.717) is 12.6 Å². The third-order valence-electron chi connectivity index (χ3n) is 4.74. The highest BCUT2D eigenvalue weighted by molar-refractivity contribution is 6.74. The van der Waals surface area contributed by atoms with Crippen LogP contribution in [0.2, 0.25) is 18.1 Å². The highest BCUT2D eigenvalue weighted by Crippen LogP contribution is 2.37. The molecule has 1 aliphatic heterocycles. The SMILES string of the molecule is CC(C)(C)[Si](C)(C)OCc1cc(N)n(C2CCOCC2)n1. The molecule has 1 saturated heterocycles. The molecule has 1 aromatic heterocycles. The maximum Gasteiger partial charge on any atom is 0.192 e. The molecule has 1 fully saturated rings. The zero-order valence-corrected chi connectivity index (χ0v) is 15.0. The van der Waals surface area contributed by atoms with Crippen molar-refractivity contribution in [1.29, 1.82) is 0 Å². The van der Waals surface area contributed by atoms with Gasteiger partial charge in [0.05, 0.1) is 18.3 Å². The van der Waals surface area contributed by atoms with E-state index in [1.54, 1.807) is 0 Å². The molecular weight excluding hydrogens is 282 g/mol. The average Bonchev–Trinajstić information content (AvgIpc) is 2.78. The predicted molar refractivity (Wildman–Crippen MR) is 87.7 cm³/mol. The Morgan fingerprint density at radius 1 is 1.38 bits per heavy atom. The minimum atomic E-state index is -1.75. The van der Waals surface area contributed by atoms with Gasteiger partial charge in [0.1, 0.15) is 5.82 Å². The van der Waals surface area contributed by atoms with Crippen LogP contribution >= 0.6 is 0 Å². The topological polar surface area (TPSA) is 62.3 Å². The Morgan fingerprint density at radius 2 is 2.00 bits per heavy atom. The molecule has 0 bridgehead atoms. The summed E-state index contributed by atoms with van der Waals surface area (Å²) in [5.41, 5.74) is 7.05. The summed E-state index contributed by atoms with van der Waals surface area (Å²) < 4.78 is 13.6. The number of hydrogen-bond donors (Lipinski definition) is 1. The zero-order chi connectivity index (χ0) is 15.7. The van der Waals surface area contributed by atoms with E-state index in [9.17, 15) is 0 Å². The van der Waals surface area contributed by atoms with Crippen molar-refractivity contribution in [3.05, 3.63) is 11.8 Å². The lowest BCUT2D eigenvalue weighted by atomic mass is 10.1. The Morgan fingerprint density at radius 3 is 2.57 bits per heavy atom. The van der Waals surface area contributed by atoms with Crippen LogP contribution in [0.5, 0.6) is 0 Å². The van der Waals surface area contributed by atoms with Crippen molar-refractivity contribution in [2.45, 2.75) is 64.4 Å². The summed E-state index contributed by atoms with van der Waals surface area (Å²) in [5.74, 6) is 0.732. The second-order valence-electron chi connectivity index (χ2n) is 7.40. The fraction of sp³-hybridized carbons (Fsp3) is 0.800. The van der Waals surface area contributed by atoms with E-state index >= 15 is 0 Å². The maximum absolute atomic E-state index is 6.22. The van der Waals surface area contributed by atoms with Crippen LogP contribution in [0.15, 0.2) is 6.07 Å². The quantitative estimate of drug-likeness (QED) is 0.866. The number of nitrogens with zero attached hydrogens (tertiary/aromatic N) is 2. The smallest absolute Gasteiger partial charge is 0.192 e. The van der Waals surface area contributed by atoms with Crippen molar-refractivity contribution in [2.24, 2.45) is 0 Å². The van der Waals surface area contributed by atoms with E-state index in [0.717, 1.165) is 37.6 Å². The van der Waals surface area contributed by atoms with Crippen molar-refractivity contribution < 1.29 is 9.16 Å². The fourth-order valence-electron chi connectivity index (χ4n) is 2.23. The summed E-state index contributed by atoms with van der Waals surface area (Å²) in [6.45, 7) is 13.4. The Labute approximate surface area is 128 Å². The number of ether oxygens (including phenoxy) is 1. The van der Waals surface area contributed by atoms with Gasteiger partial charge in [0.15, 0.2) is 8.32 Å². The van der Waals surface area contributed by atoms with Crippen LogP contribution in [0, 0.1) is 0 Å². The molecule has 21 heavy (non-hydrogen) atoms. The number of nitrogens with two attached hydrogens (primary N) is 1. The van der Waals surface area contributed by atoms with Gasteiger partial charge in [0.2, 0.25) is 0 Å². The van der Waals surface area contributed by atoms with Crippen LogP contribution in [0.1, 0.15) is 45.3 Å². The van der Waals surface area contributed by atoms with Crippen LogP contribution < -0.4 is 5.73 Å². The van der Waals surface area contributed by atoms with Gasteiger partial charge in [0, 0.05) is 19.3 Å². The molecule has 0 spiro atoms. The Kier molecular flexibility index (Phi) is 4.80. The normalized spacial score (nSPS) is 18.1. The third-order valence-corrected chi connectivity index (χ3v) is 9.22. The van der Waals surface area contributed by atoms with Gasteiger partial charge in [-0.1, -0.05) is 20.8 Å². The number of rotatable bonds is 4. The maximum atomic E-state index is 6.22. The Bertz CT molecular complexity index is 474. The number of anilines is 1. The Hall–Kier alpha value is -0.853. The summed E-state index contributed by atoms with van der Waals surface area (Å²) in [7, 11) is -1.75. The van der Waals surface area contributed by atoms with Crippen LogP contribution in [-0.4, -0.2) is 31.3 Å². The largest absolute Gasteiger partial charge is 0.411 e. The molecule has 0 aromatic carbocycles. The van der Waals surface area contributed by atoms with Gasteiger partial charge >= 0.3 is 0 Å². The molecule has 1 aliphatic rings. The monoisotopic (exact) mass is 311 g/mol. The first-order chi connectivity index (χ1) is 9.71. The minimum absolute atomic E-state index is 0.210. The molecule has 0 aliphatic carbocycles. The molecule has 6 heteroatoms. The summed E-state index contributed by atoms with van der Waals surface area (Å²) in [4.78, 5) is 0. The highest BCUT2D eigenvalue weighted by Gasteiger charge is 2.37. The van der Waals surface area contributed by atoms with E-state index in [2.05, 4.69) is 39.0 Å². The first-order valence-corrected chi connectivity index (χ1v) is 10.7.